The highest BCUT2D eigenvalue weighted by atomic mass is 32.2. The monoisotopic (exact) mass is 281 g/mol. The molecule has 0 radical (unpaired) electrons. The Morgan fingerprint density at radius 1 is 1.37 bits per heavy atom. The summed E-state index contributed by atoms with van der Waals surface area (Å²) in [6.45, 7) is 2.16. The molecule has 1 fully saturated rings. The Morgan fingerprint density at radius 2 is 2.16 bits per heavy atom. The number of hydrogen-bond acceptors (Lipinski definition) is 2. The van der Waals surface area contributed by atoms with Crippen molar-refractivity contribution in [1.82, 2.24) is 5.32 Å². The van der Waals surface area contributed by atoms with Gasteiger partial charge >= 0.3 is 0 Å². The van der Waals surface area contributed by atoms with E-state index in [4.69, 9.17) is 0 Å². The van der Waals surface area contributed by atoms with Crippen molar-refractivity contribution in [1.29, 1.82) is 0 Å². The van der Waals surface area contributed by atoms with Crippen LogP contribution in [0.4, 0.5) is 4.39 Å². The van der Waals surface area contributed by atoms with E-state index in [1.807, 2.05) is 23.9 Å². The number of hydrogen-bond donors (Lipinski definition) is 1. The zero-order chi connectivity index (χ0) is 13.7. The van der Waals surface area contributed by atoms with Crippen LogP contribution in [0, 0.1) is 5.82 Å². The topological polar surface area (TPSA) is 12.0 Å². The molecule has 106 valence electrons. The molecule has 1 aliphatic carbocycles. The van der Waals surface area contributed by atoms with Gasteiger partial charge in [-0.1, -0.05) is 24.6 Å². The largest absolute Gasteiger partial charge is 0.311 e. The lowest BCUT2D eigenvalue weighted by atomic mass is 9.93. The molecule has 0 aliphatic heterocycles. The first-order valence-electron chi connectivity index (χ1n) is 7.21. The van der Waals surface area contributed by atoms with Gasteiger partial charge in [-0.15, -0.1) is 0 Å². The molecule has 0 heterocycles. The van der Waals surface area contributed by atoms with Crippen LogP contribution < -0.4 is 5.32 Å². The average molecular weight is 281 g/mol. The number of rotatable bonds is 5. The molecule has 2 rings (SSSR count). The van der Waals surface area contributed by atoms with Gasteiger partial charge in [0.25, 0.3) is 0 Å². The molecular formula is C16H24FNS. The van der Waals surface area contributed by atoms with Crippen LogP contribution in [0.15, 0.2) is 24.3 Å². The van der Waals surface area contributed by atoms with Crippen molar-refractivity contribution < 1.29 is 4.39 Å². The fourth-order valence-corrected chi connectivity index (χ4v) is 3.79. The maximum Gasteiger partial charge on any atom is 0.126 e. The Balaban J connectivity index is 1.84. The molecule has 0 amide bonds. The molecule has 0 saturated heterocycles. The summed E-state index contributed by atoms with van der Waals surface area (Å²) in [5.74, 6) is -0.0817. The lowest BCUT2D eigenvalue weighted by molar-refractivity contribution is 0.347. The third kappa shape index (κ3) is 4.50. The summed E-state index contributed by atoms with van der Waals surface area (Å²) < 4.78 is 13.6. The fourth-order valence-electron chi connectivity index (χ4n) is 2.97. The van der Waals surface area contributed by atoms with Crippen molar-refractivity contribution in [3.63, 3.8) is 0 Å². The minimum absolute atomic E-state index is 0.0817. The lowest BCUT2D eigenvalue weighted by Gasteiger charge is -2.31. The van der Waals surface area contributed by atoms with Crippen molar-refractivity contribution >= 4 is 11.8 Å². The number of nitrogens with one attached hydrogen (secondary N) is 1. The van der Waals surface area contributed by atoms with Gasteiger partial charge < -0.3 is 5.32 Å². The van der Waals surface area contributed by atoms with Gasteiger partial charge in [-0.2, -0.15) is 11.8 Å². The first kappa shape index (κ1) is 14.9. The summed E-state index contributed by atoms with van der Waals surface area (Å²) in [5, 5.41) is 4.48. The highest BCUT2D eigenvalue weighted by Gasteiger charge is 2.22. The molecule has 1 nitrogen and oxygen atoms in total. The summed E-state index contributed by atoms with van der Waals surface area (Å²) in [4.78, 5) is 0. The van der Waals surface area contributed by atoms with E-state index in [1.54, 1.807) is 12.1 Å². The van der Waals surface area contributed by atoms with E-state index in [9.17, 15) is 4.39 Å². The Bertz CT molecular complexity index is 396. The van der Waals surface area contributed by atoms with Gasteiger partial charge in [0.15, 0.2) is 0 Å². The summed E-state index contributed by atoms with van der Waals surface area (Å²) >= 11 is 1.98. The lowest BCUT2D eigenvalue weighted by Crippen LogP contribution is -2.41. The van der Waals surface area contributed by atoms with Gasteiger partial charge in [0.1, 0.15) is 5.82 Å². The van der Waals surface area contributed by atoms with E-state index in [2.05, 4.69) is 18.5 Å². The van der Waals surface area contributed by atoms with Crippen molar-refractivity contribution in [3.05, 3.63) is 35.6 Å². The Hall–Kier alpha value is -0.540. The molecule has 19 heavy (non-hydrogen) atoms. The second-order valence-electron chi connectivity index (χ2n) is 5.58. The van der Waals surface area contributed by atoms with Gasteiger partial charge in [-0.3, -0.25) is 0 Å². The zero-order valence-corrected chi connectivity index (χ0v) is 12.7. The number of halogens is 1. The van der Waals surface area contributed by atoms with Crippen LogP contribution in [-0.4, -0.2) is 23.6 Å². The standard InChI is InChI=1S/C16H24FNS/c1-12(10-13-6-3-4-9-16(13)17)18-14-7-5-8-15(11-14)19-2/h3-4,6,9,12,14-15,18H,5,7-8,10-11H2,1-2H3. The number of thioether (sulfide) groups is 1. The van der Waals surface area contributed by atoms with Gasteiger partial charge in [0, 0.05) is 17.3 Å². The fraction of sp³-hybridized carbons (Fsp3) is 0.625. The van der Waals surface area contributed by atoms with Gasteiger partial charge in [-0.25, -0.2) is 4.39 Å². The molecule has 0 bridgehead atoms. The zero-order valence-electron chi connectivity index (χ0n) is 11.9. The van der Waals surface area contributed by atoms with Crippen LogP contribution in [0.5, 0.6) is 0 Å². The van der Waals surface area contributed by atoms with Crippen LogP contribution in [0.3, 0.4) is 0 Å². The summed E-state index contributed by atoms with van der Waals surface area (Å²) in [6.07, 6.45) is 8.15. The van der Waals surface area contributed by atoms with Crippen molar-refractivity contribution in [3.8, 4) is 0 Å². The quantitative estimate of drug-likeness (QED) is 0.875. The Kier molecular flexibility index (Phi) is 5.71. The highest BCUT2D eigenvalue weighted by molar-refractivity contribution is 7.99. The molecule has 1 saturated carbocycles. The first-order chi connectivity index (χ1) is 9.19. The molecule has 1 aromatic rings. The molecule has 0 spiro atoms. The van der Waals surface area contributed by atoms with Crippen LogP contribution in [-0.2, 0) is 6.42 Å². The minimum Gasteiger partial charge on any atom is -0.311 e. The molecule has 3 heteroatoms. The van der Waals surface area contributed by atoms with Crippen LogP contribution in [0.25, 0.3) is 0 Å². The second-order valence-corrected chi connectivity index (χ2v) is 6.72. The SMILES string of the molecule is CSC1CCCC(NC(C)Cc2ccccc2F)C1. The van der Waals surface area contributed by atoms with Crippen LogP contribution in [0.2, 0.25) is 0 Å². The van der Waals surface area contributed by atoms with Crippen LogP contribution in [0.1, 0.15) is 38.2 Å². The van der Waals surface area contributed by atoms with Crippen molar-refractivity contribution in [2.75, 3.05) is 6.26 Å². The van der Waals surface area contributed by atoms with E-state index in [0.29, 0.717) is 12.1 Å². The third-order valence-corrected chi connectivity index (χ3v) is 5.06. The first-order valence-corrected chi connectivity index (χ1v) is 8.50. The normalized spacial score (nSPS) is 25.2. The maximum absolute atomic E-state index is 13.6. The van der Waals surface area contributed by atoms with E-state index < -0.39 is 0 Å². The Labute approximate surface area is 120 Å². The summed E-state index contributed by atoms with van der Waals surface area (Å²) in [7, 11) is 0. The van der Waals surface area contributed by atoms with E-state index >= 15 is 0 Å². The predicted molar refractivity (Wildman–Crippen MR) is 82.3 cm³/mol. The van der Waals surface area contributed by atoms with Gasteiger partial charge in [-0.05, 0) is 50.5 Å². The van der Waals surface area contributed by atoms with E-state index in [-0.39, 0.29) is 5.82 Å². The van der Waals surface area contributed by atoms with Crippen molar-refractivity contribution in [2.24, 2.45) is 0 Å². The number of benzene rings is 1. The highest BCUT2D eigenvalue weighted by Crippen LogP contribution is 2.27. The maximum atomic E-state index is 13.6. The van der Waals surface area contributed by atoms with Gasteiger partial charge in [0.2, 0.25) is 0 Å². The third-order valence-electron chi connectivity index (χ3n) is 3.96. The molecule has 1 aromatic carbocycles. The van der Waals surface area contributed by atoms with E-state index in [0.717, 1.165) is 17.2 Å². The smallest absolute Gasteiger partial charge is 0.126 e. The summed E-state index contributed by atoms with van der Waals surface area (Å²) in [5.41, 5.74) is 0.819. The predicted octanol–water partition coefficient (Wildman–Crippen LogP) is 4.02. The second kappa shape index (κ2) is 7.30. The van der Waals surface area contributed by atoms with Gasteiger partial charge in [0.05, 0.1) is 0 Å². The molecule has 1 aliphatic rings. The summed E-state index contributed by atoms with van der Waals surface area (Å²) in [6, 6.07) is 8.04. The average Bonchev–Trinajstić information content (AvgIpc) is 2.41. The molecule has 3 unspecified atom stereocenters. The molecular weight excluding hydrogens is 257 g/mol. The molecule has 1 N–H and O–H groups in total. The van der Waals surface area contributed by atoms with E-state index in [1.165, 1.54) is 25.7 Å². The molecule has 3 atom stereocenters. The molecule has 0 aromatic heterocycles. The Morgan fingerprint density at radius 3 is 2.89 bits per heavy atom. The van der Waals surface area contributed by atoms with Crippen LogP contribution >= 0.6 is 11.8 Å². The minimum atomic E-state index is -0.0817. The van der Waals surface area contributed by atoms with Crippen molar-refractivity contribution in [2.45, 2.75) is 56.4 Å².